The van der Waals surface area contributed by atoms with Crippen molar-refractivity contribution in [3.8, 4) is 0 Å². The van der Waals surface area contributed by atoms with Gasteiger partial charge in [0.25, 0.3) is 0 Å². The molecule has 0 atom stereocenters. The van der Waals surface area contributed by atoms with Crippen LogP contribution in [0.5, 0.6) is 0 Å². The van der Waals surface area contributed by atoms with Crippen LogP contribution in [0.1, 0.15) is 44.9 Å². The molecule has 5 heteroatoms. The Morgan fingerprint density at radius 1 is 1.05 bits per heavy atom. The third kappa shape index (κ3) is 3.68. The number of rotatable bonds is 2. The summed E-state index contributed by atoms with van der Waals surface area (Å²) >= 11 is 0. The third-order valence-electron chi connectivity index (χ3n) is 3.82. The van der Waals surface area contributed by atoms with E-state index in [0.717, 1.165) is 44.6 Å². The maximum Gasteiger partial charge on any atom is 0.227 e. The lowest BCUT2D eigenvalue weighted by Crippen LogP contribution is -2.24. The minimum atomic E-state index is -0.813. The average Bonchev–Trinajstić information content (AvgIpc) is 2.35. The lowest BCUT2D eigenvalue weighted by molar-refractivity contribution is -0.120. The number of halogens is 2. The van der Waals surface area contributed by atoms with Gasteiger partial charge >= 0.3 is 0 Å². The molecule has 1 aromatic carbocycles. The van der Waals surface area contributed by atoms with E-state index in [0.29, 0.717) is 6.07 Å². The Bertz CT molecular complexity index is 483. The molecule has 1 amide bonds. The molecular weight excluding hydrogens is 262 g/mol. The van der Waals surface area contributed by atoms with Gasteiger partial charge in [-0.2, -0.15) is 0 Å². The number of hydrogen-bond acceptors (Lipinski definition) is 2. The Morgan fingerprint density at radius 3 is 2.30 bits per heavy atom. The van der Waals surface area contributed by atoms with Crippen molar-refractivity contribution in [1.82, 2.24) is 0 Å². The highest BCUT2D eigenvalue weighted by atomic mass is 19.1. The van der Waals surface area contributed by atoms with Crippen molar-refractivity contribution < 1.29 is 13.6 Å². The molecule has 0 aromatic heterocycles. The van der Waals surface area contributed by atoms with Crippen LogP contribution in [0.2, 0.25) is 0 Å². The summed E-state index contributed by atoms with van der Waals surface area (Å²) in [5.41, 5.74) is 5.18. The van der Waals surface area contributed by atoms with Crippen molar-refractivity contribution >= 4 is 17.3 Å². The zero-order valence-electron chi connectivity index (χ0n) is 11.4. The fraction of sp³-hybridized carbons (Fsp3) is 0.533. The highest BCUT2D eigenvalue weighted by Crippen LogP contribution is 2.26. The highest BCUT2D eigenvalue weighted by molar-refractivity contribution is 5.93. The second-order valence-corrected chi connectivity index (χ2v) is 5.38. The Morgan fingerprint density at radius 2 is 1.65 bits per heavy atom. The Kier molecular flexibility index (Phi) is 4.93. The van der Waals surface area contributed by atoms with Gasteiger partial charge in [-0.15, -0.1) is 0 Å². The maximum atomic E-state index is 13.6. The van der Waals surface area contributed by atoms with Gasteiger partial charge in [-0.05, 0) is 18.9 Å². The molecule has 3 N–H and O–H groups in total. The van der Waals surface area contributed by atoms with Gasteiger partial charge in [-0.3, -0.25) is 4.79 Å². The van der Waals surface area contributed by atoms with E-state index in [9.17, 15) is 13.6 Å². The fourth-order valence-corrected chi connectivity index (χ4v) is 2.61. The van der Waals surface area contributed by atoms with Gasteiger partial charge in [0, 0.05) is 12.0 Å². The van der Waals surface area contributed by atoms with Crippen LogP contribution in [-0.2, 0) is 4.79 Å². The van der Waals surface area contributed by atoms with E-state index in [4.69, 9.17) is 5.73 Å². The topological polar surface area (TPSA) is 55.1 Å². The Hall–Kier alpha value is -1.65. The molecule has 0 heterocycles. The first-order valence-corrected chi connectivity index (χ1v) is 7.13. The van der Waals surface area contributed by atoms with Gasteiger partial charge in [-0.25, -0.2) is 8.78 Å². The number of benzene rings is 1. The van der Waals surface area contributed by atoms with Crippen molar-refractivity contribution in [3.63, 3.8) is 0 Å². The highest BCUT2D eigenvalue weighted by Gasteiger charge is 2.20. The van der Waals surface area contributed by atoms with Gasteiger partial charge in [0.2, 0.25) is 5.91 Å². The van der Waals surface area contributed by atoms with Crippen molar-refractivity contribution in [1.29, 1.82) is 0 Å². The summed E-state index contributed by atoms with van der Waals surface area (Å²) < 4.78 is 26.7. The van der Waals surface area contributed by atoms with E-state index in [2.05, 4.69) is 5.32 Å². The SMILES string of the molecule is Nc1cc(NC(=O)C2CCCCCCC2)c(F)cc1F. The van der Waals surface area contributed by atoms with E-state index in [1.807, 2.05) is 0 Å². The van der Waals surface area contributed by atoms with Crippen molar-refractivity contribution in [2.75, 3.05) is 11.1 Å². The zero-order valence-corrected chi connectivity index (χ0v) is 11.4. The van der Waals surface area contributed by atoms with Crippen LogP contribution < -0.4 is 11.1 Å². The normalized spacial score (nSPS) is 17.3. The Labute approximate surface area is 117 Å². The number of nitrogen functional groups attached to an aromatic ring is 1. The molecule has 1 aromatic rings. The minimum Gasteiger partial charge on any atom is -0.396 e. The van der Waals surface area contributed by atoms with Gasteiger partial charge in [0.15, 0.2) is 0 Å². The van der Waals surface area contributed by atoms with Crippen LogP contribution in [0, 0.1) is 17.6 Å². The van der Waals surface area contributed by atoms with E-state index in [-0.39, 0.29) is 23.2 Å². The molecule has 0 saturated heterocycles. The average molecular weight is 282 g/mol. The minimum absolute atomic E-state index is 0.0454. The van der Waals surface area contributed by atoms with Crippen LogP contribution in [0.4, 0.5) is 20.2 Å². The number of hydrogen-bond donors (Lipinski definition) is 2. The standard InChI is InChI=1S/C15H20F2N2O/c16-11-8-12(17)14(9-13(11)18)19-15(20)10-6-4-2-1-3-5-7-10/h8-10H,1-7,18H2,(H,19,20). The quantitative estimate of drug-likeness (QED) is 0.810. The number of amides is 1. The number of anilines is 2. The molecule has 1 saturated carbocycles. The van der Waals surface area contributed by atoms with E-state index in [1.165, 1.54) is 6.42 Å². The molecular formula is C15H20F2N2O. The lowest BCUT2D eigenvalue weighted by atomic mass is 9.90. The molecule has 0 bridgehead atoms. The first kappa shape index (κ1) is 14.8. The van der Waals surface area contributed by atoms with E-state index < -0.39 is 11.6 Å². The van der Waals surface area contributed by atoms with Crippen LogP contribution in [0.25, 0.3) is 0 Å². The summed E-state index contributed by atoms with van der Waals surface area (Å²) in [4.78, 5) is 12.2. The van der Waals surface area contributed by atoms with Gasteiger partial charge in [0.05, 0.1) is 11.4 Å². The molecule has 110 valence electrons. The fourth-order valence-electron chi connectivity index (χ4n) is 2.61. The molecule has 0 aliphatic heterocycles. The number of carbonyl (C=O) groups excluding carboxylic acids is 1. The predicted molar refractivity (Wildman–Crippen MR) is 75.2 cm³/mol. The summed E-state index contributed by atoms with van der Waals surface area (Å²) in [5.74, 6) is -1.90. The molecule has 0 radical (unpaired) electrons. The molecule has 20 heavy (non-hydrogen) atoms. The predicted octanol–water partition coefficient (Wildman–Crippen LogP) is 3.85. The first-order valence-electron chi connectivity index (χ1n) is 7.13. The second-order valence-electron chi connectivity index (χ2n) is 5.38. The van der Waals surface area contributed by atoms with Crippen LogP contribution >= 0.6 is 0 Å². The molecule has 1 aliphatic rings. The summed E-state index contributed by atoms with van der Waals surface area (Å²) in [5, 5.41) is 2.54. The zero-order chi connectivity index (χ0) is 14.5. The van der Waals surface area contributed by atoms with Crippen molar-refractivity contribution in [2.45, 2.75) is 44.9 Å². The Balaban J connectivity index is 2.04. The first-order chi connectivity index (χ1) is 9.58. The van der Waals surface area contributed by atoms with E-state index >= 15 is 0 Å². The van der Waals surface area contributed by atoms with Gasteiger partial charge in [-0.1, -0.05) is 32.1 Å². The molecule has 0 unspecified atom stereocenters. The smallest absolute Gasteiger partial charge is 0.227 e. The van der Waals surface area contributed by atoms with Crippen LogP contribution in [0.3, 0.4) is 0 Å². The summed E-state index contributed by atoms with van der Waals surface area (Å²) in [7, 11) is 0. The maximum absolute atomic E-state index is 13.6. The summed E-state index contributed by atoms with van der Waals surface area (Å²) in [6.07, 6.45) is 7.19. The molecule has 1 fully saturated rings. The number of nitrogens with two attached hydrogens (primary N) is 1. The molecule has 0 spiro atoms. The largest absolute Gasteiger partial charge is 0.396 e. The molecule has 2 rings (SSSR count). The van der Waals surface area contributed by atoms with Crippen LogP contribution in [0.15, 0.2) is 12.1 Å². The number of nitrogens with one attached hydrogen (secondary N) is 1. The van der Waals surface area contributed by atoms with Crippen LogP contribution in [-0.4, -0.2) is 5.91 Å². The monoisotopic (exact) mass is 282 g/mol. The lowest BCUT2D eigenvalue weighted by Gasteiger charge is -2.19. The van der Waals surface area contributed by atoms with Crippen molar-refractivity contribution in [3.05, 3.63) is 23.8 Å². The number of carbonyl (C=O) groups is 1. The second kappa shape index (κ2) is 6.68. The molecule has 3 nitrogen and oxygen atoms in total. The molecule has 1 aliphatic carbocycles. The van der Waals surface area contributed by atoms with Crippen molar-refractivity contribution in [2.24, 2.45) is 5.92 Å². The van der Waals surface area contributed by atoms with Gasteiger partial charge < -0.3 is 11.1 Å². The van der Waals surface area contributed by atoms with Gasteiger partial charge in [0.1, 0.15) is 11.6 Å². The van der Waals surface area contributed by atoms with E-state index in [1.54, 1.807) is 0 Å². The summed E-state index contributed by atoms with van der Waals surface area (Å²) in [6, 6.07) is 1.83. The third-order valence-corrected chi connectivity index (χ3v) is 3.82. The summed E-state index contributed by atoms with van der Waals surface area (Å²) in [6.45, 7) is 0.